The van der Waals surface area contributed by atoms with Crippen molar-refractivity contribution in [1.82, 2.24) is 0 Å². The number of rotatable bonds is 9. The highest BCUT2D eigenvalue weighted by molar-refractivity contribution is 5.78. The van der Waals surface area contributed by atoms with Crippen molar-refractivity contribution in [2.24, 2.45) is 17.3 Å². The fourth-order valence-electron chi connectivity index (χ4n) is 4.56. The Hall–Kier alpha value is -0.570. The largest absolute Gasteiger partial charge is 0.465 e. The number of unbranched alkanes of at least 4 members (excludes halogenated alkanes) is 1. The van der Waals surface area contributed by atoms with Crippen LogP contribution < -0.4 is 0 Å². The van der Waals surface area contributed by atoms with Gasteiger partial charge in [-0.15, -0.1) is 0 Å². The first-order valence-electron chi connectivity index (χ1n) is 9.50. The van der Waals surface area contributed by atoms with Crippen molar-refractivity contribution in [3.63, 3.8) is 0 Å². The van der Waals surface area contributed by atoms with E-state index < -0.39 is 0 Å². The Bertz CT molecular complexity index is 312. The van der Waals surface area contributed by atoms with Crippen LogP contribution in [0.5, 0.6) is 0 Å². The van der Waals surface area contributed by atoms with Gasteiger partial charge in [0.15, 0.2) is 0 Å². The van der Waals surface area contributed by atoms with Crippen molar-refractivity contribution < 1.29 is 14.3 Å². The minimum Gasteiger partial charge on any atom is -0.465 e. The average molecular weight is 310 g/mol. The van der Waals surface area contributed by atoms with Crippen molar-refractivity contribution in [2.45, 2.75) is 78.1 Å². The molecule has 0 amide bonds. The molecule has 0 bridgehead atoms. The van der Waals surface area contributed by atoms with E-state index in [0.717, 1.165) is 12.8 Å². The smallest absolute Gasteiger partial charge is 0.314 e. The predicted molar refractivity (Wildman–Crippen MR) is 88.7 cm³/mol. The summed E-state index contributed by atoms with van der Waals surface area (Å²) in [4.78, 5) is 13.1. The molecule has 2 fully saturated rings. The zero-order chi connectivity index (χ0) is 15.8. The summed E-state index contributed by atoms with van der Waals surface area (Å²) < 4.78 is 11.6. The highest BCUT2D eigenvalue weighted by Crippen LogP contribution is 2.51. The van der Waals surface area contributed by atoms with Gasteiger partial charge in [0.1, 0.15) is 0 Å². The molecule has 0 aromatic carbocycles. The van der Waals surface area contributed by atoms with Crippen LogP contribution >= 0.6 is 0 Å². The van der Waals surface area contributed by atoms with Crippen molar-refractivity contribution in [3.05, 3.63) is 0 Å². The zero-order valence-electron chi connectivity index (χ0n) is 14.6. The van der Waals surface area contributed by atoms with Crippen molar-refractivity contribution >= 4 is 5.97 Å². The van der Waals surface area contributed by atoms with E-state index in [0.29, 0.717) is 31.7 Å². The third-order valence-electron chi connectivity index (χ3n) is 5.82. The van der Waals surface area contributed by atoms with Gasteiger partial charge in [-0.1, -0.05) is 39.0 Å². The Morgan fingerprint density at radius 3 is 2.00 bits per heavy atom. The van der Waals surface area contributed by atoms with E-state index in [9.17, 15) is 4.79 Å². The zero-order valence-corrected chi connectivity index (χ0v) is 14.6. The molecule has 0 N–H and O–H groups in total. The van der Waals surface area contributed by atoms with E-state index in [-0.39, 0.29) is 11.4 Å². The summed E-state index contributed by atoms with van der Waals surface area (Å²) in [5.74, 6) is 0.987. The molecule has 0 aliphatic heterocycles. The van der Waals surface area contributed by atoms with Crippen LogP contribution in [0.3, 0.4) is 0 Å². The predicted octanol–water partition coefficient (Wildman–Crippen LogP) is 4.73. The molecular weight excluding hydrogens is 276 g/mol. The Morgan fingerprint density at radius 1 is 1.00 bits per heavy atom. The summed E-state index contributed by atoms with van der Waals surface area (Å²) in [5, 5.41) is 0. The molecule has 0 heterocycles. The third-order valence-corrected chi connectivity index (χ3v) is 5.82. The molecule has 0 saturated heterocycles. The molecule has 128 valence electrons. The second-order valence-corrected chi connectivity index (χ2v) is 7.13. The van der Waals surface area contributed by atoms with E-state index in [1.807, 2.05) is 6.92 Å². The molecule has 0 unspecified atom stereocenters. The normalized spacial score (nSPS) is 20.6. The lowest BCUT2D eigenvalue weighted by atomic mass is 9.65. The van der Waals surface area contributed by atoms with Gasteiger partial charge >= 0.3 is 5.97 Å². The Balaban J connectivity index is 2.19. The Kier molecular flexibility index (Phi) is 7.20. The van der Waals surface area contributed by atoms with Crippen LogP contribution in [0.15, 0.2) is 0 Å². The third kappa shape index (κ3) is 3.84. The first-order valence-corrected chi connectivity index (χ1v) is 9.50. The standard InChI is InChI=1S/C19H34O3/c1-3-5-14-22-18(20)19(15-21-4-2,16-10-6-7-11-16)17-12-8-9-13-17/h16-17H,3-15H2,1-2H3. The number of ether oxygens (including phenoxy) is 2. The lowest BCUT2D eigenvalue weighted by molar-refractivity contribution is -0.171. The van der Waals surface area contributed by atoms with Gasteiger partial charge in [0.2, 0.25) is 0 Å². The van der Waals surface area contributed by atoms with Crippen LogP contribution in [0.1, 0.15) is 78.1 Å². The van der Waals surface area contributed by atoms with Crippen LogP contribution in [-0.2, 0) is 14.3 Å². The first-order chi connectivity index (χ1) is 10.8. The van der Waals surface area contributed by atoms with Crippen LogP contribution in [-0.4, -0.2) is 25.8 Å². The lowest BCUT2D eigenvalue weighted by Crippen LogP contribution is -2.48. The average Bonchev–Trinajstić information content (AvgIpc) is 3.22. The molecular formula is C19H34O3. The minimum absolute atomic E-state index is 0.0493. The van der Waals surface area contributed by atoms with Crippen molar-refractivity contribution in [1.29, 1.82) is 0 Å². The fourth-order valence-corrected chi connectivity index (χ4v) is 4.56. The maximum atomic E-state index is 13.1. The van der Waals surface area contributed by atoms with E-state index in [2.05, 4.69) is 6.92 Å². The highest BCUT2D eigenvalue weighted by atomic mass is 16.5. The molecule has 0 atom stereocenters. The summed E-state index contributed by atoms with van der Waals surface area (Å²) in [5.41, 5.74) is -0.364. The van der Waals surface area contributed by atoms with Gasteiger partial charge in [0.05, 0.1) is 18.6 Å². The summed E-state index contributed by atoms with van der Waals surface area (Å²) >= 11 is 0. The summed E-state index contributed by atoms with van der Waals surface area (Å²) in [7, 11) is 0. The molecule has 22 heavy (non-hydrogen) atoms. The van der Waals surface area contributed by atoms with Gasteiger partial charge in [-0.3, -0.25) is 4.79 Å². The molecule has 2 rings (SSSR count). The SMILES string of the molecule is CCCCOC(=O)C(COCC)(C1CCCC1)C1CCCC1. The molecule has 0 aromatic rings. The summed E-state index contributed by atoms with van der Waals surface area (Å²) in [6.45, 7) is 5.99. The molecule has 0 spiro atoms. The highest BCUT2D eigenvalue weighted by Gasteiger charge is 2.53. The van der Waals surface area contributed by atoms with Crippen LogP contribution in [0.2, 0.25) is 0 Å². The molecule has 0 radical (unpaired) electrons. The maximum Gasteiger partial charge on any atom is 0.314 e. The van der Waals surface area contributed by atoms with E-state index in [1.165, 1.54) is 51.4 Å². The number of hydrogen-bond donors (Lipinski definition) is 0. The molecule has 3 heteroatoms. The topological polar surface area (TPSA) is 35.5 Å². The Morgan fingerprint density at radius 2 is 1.55 bits per heavy atom. The fraction of sp³-hybridized carbons (Fsp3) is 0.947. The van der Waals surface area contributed by atoms with Gasteiger partial charge in [-0.25, -0.2) is 0 Å². The van der Waals surface area contributed by atoms with Crippen molar-refractivity contribution in [2.75, 3.05) is 19.8 Å². The minimum atomic E-state index is -0.364. The summed E-state index contributed by atoms with van der Waals surface area (Å²) in [6, 6.07) is 0. The molecule has 2 aliphatic carbocycles. The van der Waals surface area contributed by atoms with E-state index >= 15 is 0 Å². The number of carbonyl (C=O) groups is 1. The molecule has 0 aromatic heterocycles. The summed E-state index contributed by atoms with van der Waals surface area (Å²) in [6.07, 6.45) is 11.8. The van der Waals surface area contributed by atoms with Crippen LogP contribution in [0.25, 0.3) is 0 Å². The van der Waals surface area contributed by atoms with Gasteiger partial charge in [-0.05, 0) is 50.9 Å². The number of carbonyl (C=O) groups excluding carboxylic acids is 1. The molecule has 2 saturated carbocycles. The Labute approximate surface area is 136 Å². The second kappa shape index (κ2) is 8.90. The molecule has 3 nitrogen and oxygen atoms in total. The quantitative estimate of drug-likeness (QED) is 0.456. The van der Waals surface area contributed by atoms with Crippen LogP contribution in [0.4, 0.5) is 0 Å². The monoisotopic (exact) mass is 310 g/mol. The number of esters is 1. The number of hydrogen-bond acceptors (Lipinski definition) is 3. The van der Waals surface area contributed by atoms with Crippen LogP contribution in [0, 0.1) is 17.3 Å². The second-order valence-electron chi connectivity index (χ2n) is 7.13. The van der Waals surface area contributed by atoms with Gasteiger partial charge in [-0.2, -0.15) is 0 Å². The van der Waals surface area contributed by atoms with E-state index in [4.69, 9.17) is 9.47 Å². The maximum absolute atomic E-state index is 13.1. The van der Waals surface area contributed by atoms with E-state index in [1.54, 1.807) is 0 Å². The van der Waals surface area contributed by atoms with Crippen molar-refractivity contribution in [3.8, 4) is 0 Å². The van der Waals surface area contributed by atoms with Gasteiger partial charge in [0, 0.05) is 6.61 Å². The lowest BCUT2D eigenvalue weighted by Gasteiger charge is -2.41. The first kappa shape index (κ1) is 17.8. The van der Waals surface area contributed by atoms with Gasteiger partial charge in [0.25, 0.3) is 0 Å². The molecule has 2 aliphatic rings. The van der Waals surface area contributed by atoms with Gasteiger partial charge < -0.3 is 9.47 Å².